The van der Waals surface area contributed by atoms with Crippen molar-refractivity contribution in [2.24, 2.45) is 0 Å². The molecule has 0 spiro atoms. The fourth-order valence-corrected chi connectivity index (χ4v) is 2.71. The maximum atomic E-state index is 12.1. The van der Waals surface area contributed by atoms with Crippen molar-refractivity contribution in [1.29, 1.82) is 0 Å². The summed E-state index contributed by atoms with van der Waals surface area (Å²) in [5.41, 5.74) is 0.561. The highest BCUT2D eigenvalue weighted by Crippen LogP contribution is 2.15. The third-order valence-corrected chi connectivity index (χ3v) is 4.62. The van der Waals surface area contributed by atoms with Crippen molar-refractivity contribution in [2.45, 2.75) is 17.9 Å². The second-order valence-electron chi connectivity index (χ2n) is 5.34. The second-order valence-corrected chi connectivity index (χ2v) is 7.80. The molecule has 0 aromatic heterocycles. The number of hydrogen-bond donors (Lipinski definition) is 1. The summed E-state index contributed by atoms with van der Waals surface area (Å²) in [6.45, 7) is 1.42. The number of esters is 1. The van der Waals surface area contributed by atoms with E-state index >= 15 is 0 Å². The molecule has 1 N–H and O–H groups in total. The highest BCUT2D eigenvalue weighted by atomic mass is 35.5. The van der Waals surface area contributed by atoms with Crippen LogP contribution in [0.5, 0.6) is 0 Å². The number of anilines is 1. The van der Waals surface area contributed by atoms with E-state index in [0.29, 0.717) is 10.7 Å². The lowest BCUT2D eigenvalue weighted by Crippen LogP contribution is -2.30. The largest absolute Gasteiger partial charge is 0.449 e. The molecular weight excluding hydrogens is 366 g/mol. The van der Waals surface area contributed by atoms with Crippen LogP contribution >= 0.6 is 11.6 Å². The van der Waals surface area contributed by atoms with E-state index in [0.717, 1.165) is 6.26 Å². The van der Waals surface area contributed by atoms with Crippen molar-refractivity contribution in [1.82, 2.24) is 0 Å². The molecule has 0 aliphatic heterocycles. The van der Waals surface area contributed by atoms with Gasteiger partial charge >= 0.3 is 5.97 Å². The van der Waals surface area contributed by atoms with Gasteiger partial charge in [0.05, 0.1) is 10.5 Å². The second kappa shape index (κ2) is 7.67. The van der Waals surface area contributed by atoms with E-state index < -0.39 is 27.8 Å². The minimum Gasteiger partial charge on any atom is -0.449 e. The van der Waals surface area contributed by atoms with Gasteiger partial charge < -0.3 is 10.1 Å². The van der Waals surface area contributed by atoms with Crippen molar-refractivity contribution in [3.05, 3.63) is 59.1 Å². The normalized spacial score (nSPS) is 12.3. The van der Waals surface area contributed by atoms with Crippen LogP contribution in [0.4, 0.5) is 5.69 Å². The van der Waals surface area contributed by atoms with E-state index in [1.54, 1.807) is 24.3 Å². The standard InChI is InChI=1S/C17H16ClNO5S/c1-11(16(20)19-14-8-6-13(18)7-9-14)24-17(21)12-4-3-5-15(10-12)25(2,22)23/h3-11H,1-2H3,(H,19,20)/t11-/m0/s1. The van der Waals surface area contributed by atoms with Gasteiger partial charge in [-0.1, -0.05) is 17.7 Å². The first-order chi connectivity index (χ1) is 11.7. The van der Waals surface area contributed by atoms with Crippen molar-refractivity contribution in [3.8, 4) is 0 Å². The maximum absolute atomic E-state index is 12.1. The molecule has 0 unspecified atom stereocenters. The molecule has 1 atom stereocenters. The van der Waals surface area contributed by atoms with Crippen molar-refractivity contribution in [3.63, 3.8) is 0 Å². The van der Waals surface area contributed by atoms with Crippen molar-refractivity contribution in [2.75, 3.05) is 11.6 Å². The summed E-state index contributed by atoms with van der Waals surface area (Å²) in [6.07, 6.45) is -0.0234. The zero-order chi connectivity index (χ0) is 18.6. The molecule has 2 rings (SSSR count). The number of halogens is 1. The van der Waals surface area contributed by atoms with Gasteiger partial charge in [0.25, 0.3) is 5.91 Å². The number of carbonyl (C=O) groups excluding carboxylic acids is 2. The predicted molar refractivity (Wildman–Crippen MR) is 94.5 cm³/mol. The van der Waals surface area contributed by atoms with Crippen LogP contribution in [0.25, 0.3) is 0 Å². The summed E-state index contributed by atoms with van der Waals surface area (Å²) < 4.78 is 28.2. The van der Waals surface area contributed by atoms with Gasteiger partial charge in [0.1, 0.15) is 0 Å². The van der Waals surface area contributed by atoms with E-state index in [9.17, 15) is 18.0 Å². The Morgan fingerprint density at radius 2 is 1.76 bits per heavy atom. The lowest BCUT2D eigenvalue weighted by atomic mass is 10.2. The summed E-state index contributed by atoms with van der Waals surface area (Å²) in [5.74, 6) is -1.31. The summed E-state index contributed by atoms with van der Waals surface area (Å²) in [5, 5.41) is 3.12. The van der Waals surface area contributed by atoms with Gasteiger partial charge in [0.15, 0.2) is 15.9 Å². The number of amides is 1. The minimum absolute atomic E-state index is 0.000203. The van der Waals surface area contributed by atoms with Gasteiger partial charge in [-0.3, -0.25) is 4.79 Å². The third kappa shape index (κ3) is 5.30. The fourth-order valence-electron chi connectivity index (χ4n) is 1.91. The predicted octanol–water partition coefficient (Wildman–Crippen LogP) is 2.93. The van der Waals surface area contributed by atoms with Gasteiger partial charge in [0, 0.05) is 17.0 Å². The number of ether oxygens (including phenoxy) is 1. The maximum Gasteiger partial charge on any atom is 0.338 e. The summed E-state index contributed by atoms with van der Waals surface area (Å²) in [6, 6.07) is 11.9. The molecule has 132 valence electrons. The Kier molecular flexibility index (Phi) is 5.81. The number of benzene rings is 2. The lowest BCUT2D eigenvalue weighted by molar-refractivity contribution is -0.123. The Morgan fingerprint density at radius 3 is 2.36 bits per heavy atom. The third-order valence-electron chi connectivity index (χ3n) is 3.26. The monoisotopic (exact) mass is 381 g/mol. The van der Waals surface area contributed by atoms with Gasteiger partial charge in [-0.25, -0.2) is 13.2 Å². The molecule has 0 saturated heterocycles. The zero-order valence-corrected chi connectivity index (χ0v) is 15.1. The Labute approximate surface area is 150 Å². The fraction of sp³-hybridized carbons (Fsp3) is 0.176. The van der Waals surface area contributed by atoms with Crippen molar-refractivity contribution < 1.29 is 22.7 Å². The average molecular weight is 382 g/mol. The first-order valence-corrected chi connectivity index (χ1v) is 9.51. The zero-order valence-electron chi connectivity index (χ0n) is 13.5. The SMILES string of the molecule is C[C@H](OC(=O)c1cccc(S(C)(=O)=O)c1)C(=O)Nc1ccc(Cl)cc1. The summed E-state index contributed by atoms with van der Waals surface area (Å²) in [4.78, 5) is 24.2. The van der Waals surface area contributed by atoms with E-state index in [1.165, 1.54) is 31.2 Å². The van der Waals surface area contributed by atoms with Crippen LogP contribution in [0.3, 0.4) is 0 Å². The van der Waals surface area contributed by atoms with Crippen LogP contribution in [-0.2, 0) is 19.4 Å². The van der Waals surface area contributed by atoms with Crippen LogP contribution in [0, 0.1) is 0 Å². The number of sulfone groups is 1. The van der Waals surface area contributed by atoms with E-state index in [1.807, 2.05) is 0 Å². The minimum atomic E-state index is -3.45. The van der Waals surface area contributed by atoms with Crippen LogP contribution in [0.2, 0.25) is 5.02 Å². The quantitative estimate of drug-likeness (QED) is 0.804. The average Bonchev–Trinajstić information content (AvgIpc) is 2.56. The van der Waals surface area contributed by atoms with Gasteiger partial charge in [0.2, 0.25) is 0 Å². The molecule has 0 saturated carbocycles. The lowest BCUT2D eigenvalue weighted by Gasteiger charge is -2.14. The number of nitrogens with one attached hydrogen (secondary N) is 1. The molecule has 2 aromatic carbocycles. The molecule has 0 bridgehead atoms. The molecule has 8 heteroatoms. The first-order valence-electron chi connectivity index (χ1n) is 7.24. The van der Waals surface area contributed by atoms with Crippen LogP contribution in [0.15, 0.2) is 53.4 Å². The Bertz CT molecular complexity index is 894. The molecule has 0 heterocycles. The van der Waals surface area contributed by atoms with E-state index in [4.69, 9.17) is 16.3 Å². The summed E-state index contributed by atoms with van der Waals surface area (Å²) in [7, 11) is -3.45. The highest BCUT2D eigenvalue weighted by molar-refractivity contribution is 7.90. The Balaban J connectivity index is 2.04. The Morgan fingerprint density at radius 1 is 1.12 bits per heavy atom. The Hall–Kier alpha value is -2.38. The van der Waals surface area contributed by atoms with Crippen LogP contribution in [-0.4, -0.2) is 32.7 Å². The molecule has 0 radical (unpaired) electrons. The van der Waals surface area contributed by atoms with Gasteiger partial charge in [-0.2, -0.15) is 0 Å². The number of carbonyl (C=O) groups is 2. The topological polar surface area (TPSA) is 89.5 Å². The molecule has 6 nitrogen and oxygen atoms in total. The first kappa shape index (κ1) is 19.0. The summed E-state index contributed by atoms with van der Waals surface area (Å²) >= 11 is 5.77. The number of rotatable bonds is 5. The van der Waals surface area contributed by atoms with Crippen LogP contribution < -0.4 is 5.32 Å². The molecule has 0 aliphatic rings. The molecule has 2 aromatic rings. The van der Waals surface area contributed by atoms with E-state index in [2.05, 4.69) is 5.32 Å². The molecule has 0 aliphatic carbocycles. The highest BCUT2D eigenvalue weighted by Gasteiger charge is 2.20. The number of hydrogen-bond acceptors (Lipinski definition) is 5. The molecule has 1 amide bonds. The van der Waals surface area contributed by atoms with Gasteiger partial charge in [-0.15, -0.1) is 0 Å². The van der Waals surface area contributed by atoms with Crippen LogP contribution in [0.1, 0.15) is 17.3 Å². The molecule has 25 heavy (non-hydrogen) atoms. The molecular formula is C17H16ClNO5S. The van der Waals surface area contributed by atoms with E-state index in [-0.39, 0.29) is 10.5 Å². The molecule has 0 fully saturated rings. The van der Waals surface area contributed by atoms with Crippen molar-refractivity contribution >= 4 is 39.0 Å². The smallest absolute Gasteiger partial charge is 0.338 e. The van der Waals surface area contributed by atoms with Gasteiger partial charge in [-0.05, 0) is 49.4 Å².